The van der Waals surface area contributed by atoms with Crippen LogP contribution < -0.4 is 5.32 Å². The van der Waals surface area contributed by atoms with E-state index in [0.717, 1.165) is 13.1 Å². The molecule has 1 fully saturated rings. The van der Waals surface area contributed by atoms with Gasteiger partial charge in [-0.1, -0.05) is 0 Å². The first-order valence-corrected chi connectivity index (χ1v) is 6.98. The molecule has 1 aliphatic rings. The van der Waals surface area contributed by atoms with Crippen LogP contribution in [0.5, 0.6) is 0 Å². The van der Waals surface area contributed by atoms with Gasteiger partial charge in [0, 0.05) is 43.7 Å². The van der Waals surface area contributed by atoms with E-state index in [1.54, 1.807) is 0 Å². The fourth-order valence-electron chi connectivity index (χ4n) is 1.70. The number of esters is 1. The molecule has 4 nitrogen and oxygen atoms in total. The van der Waals surface area contributed by atoms with E-state index in [9.17, 15) is 4.79 Å². The molecule has 0 aromatic rings. The summed E-state index contributed by atoms with van der Waals surface area (Å²) in [5.41, 5.74) is 0. The molecule has 1 atom stereocenters. The van der Waals surface area contributed by atoms with Crippen LogP contribution >= 0.6 is 11.8 Å². The molecule has 1 rings (SSSR count). The highest BCUT2D eigenvalue weighted by atomic mass is 32.2. The molecule has 1 aliphatic heterocycles. The molecule has 16 heavy (non-hydrogen) atoms. The summed E-state index contributed by atoms with van der Waals surface area (Å²) in [5.74, 6) is 2.35. The van der Waals surface area contributed by atoms with Crippen LogP contribution in [-0.4, -0.2) is 61.7 Å². The van der Waals surface area contributed by atoms with E-state index in [4.69, 9.17) is 0 Å². The minimum absolute atomic E-state index is 0.144. The lowest BCUT2D eigenvalue weighted by Crippen LogP contribution is -2.40. The Morgan fingerprint density at radius 3 is 2.81 bits per heavy atom. The lowest BCUT2D eigenvalue weighted by atomic mass is 10.2. The molecule has 1 heterocycles. The molecule has 94 valence electrons. The molecule has 1 unspecified atom stereocenters. The predicted octanol–water partition coefficient (Wildman–Crippen LogP) is 0.576. The number of nitrogens with zero attached hydrogens (tertiary/aromatic N) is 1. The third kappa shape index (κ3) is 5.72. The van der Waals surface area contributed by atoms with Gasteiger partial charge in [0.15, 0.2) is 0 Å². The number of thioether (sulfide) groups is 1. The summed E-state index contributed by atoms with van der Waals surface area (Å²) in [6.07, 6.45) is 0.451. The molecule has 0 saturated carbocycles. The number of hydrogen-bond acceptors (Lipinski definition) is 5. The Labute approximate surface area is 102 Å². The van der Waals surface area contributed by atoms with Gasteiger partial charge in [0.05, 0.1) is 13.5 Å². The second-order valence-electron chi connectivity index (χ2n) is 4.09. The van der Waals surface area contributed by atoms with Crippen molar-refractivity contribution < 1.29 is 9.53 Å². The lowest BCUT2D eigenvalue weighted by Gasteiger charge is -2.26. The van der Waals surface area contributed by atoms with Gasteiger partial charge >= 0.3 is 5.97 Å². The van der Waals surface area contributed by atoms with E-state index in [2.05, 4.69) is 15.0 Å². The van der Waals surface area contributed by atoms with Gasteiger partial charge in [-0.25, -0.2) is 0 Å². The number of methoxy groups -OCH3 is 1. The topological polar surface area (TPSA) is 41.6 Å². The van der Waals surface area contributed by atoms with Crippen LogP contribution in [-0.2, 0) is 9.53 Å². The molecule has 0 aromatic carbocycles. The smallest absolute Gasteiger partial charge is 0.307 e. The van der Waals surface area contributed by atoms with Crippen LogP contribution in [0.2, 0.25) is 0 Å². The average Bonchev–Trinajstić information content (AvgIpc) is 2.30. The van der Waals surface area contributed by atoms with Gasteiger partial charge in [-0.2, -0.15) is 11.8 Å². The number of ether oxygens (including phenoxy) is 1. The quantitative estimate of drug-likeness (QED) is 0.694. The molecule has 0 amide bonds. The van der Waals surface area contributed by atoms with Crippen molar-refractivity contribution >= 4 is 17.7 Å². The summed E-state index contributed by atoms with van der Waals surface area (Å²) in [5, 5.41) is 3.35. The van der Waals surface area contributed by atoms with Crippen molar-refractivity contribution in [2.45, 2.75) is 19.4 Å². The summed E-state index contributed by atoms with van der Waals surface area (Å²) in [4.78, 5) is 13.5. The Balaban J connectivity index is 2.03. The molecular formula is C11H22N2O2S. The fraction of sp³-hybridized carbons (Fsp3) is 0.909. The molecule has 1 saturated heterocycles. The predicted molar refractivity (Wildman–Crippen MR) is 67.9 cm³/mol. The van der Waals surface area contributed by atoms with Crippen LogP contribution in [0.4, 0.5) is 0 Å². The van der Waals surface area contributed by atoms with Crippen molar-refractivity contribution in [1.82, 2.24) is 10.2 Å². The van der Waals surface area contributed by atoms with Gasteiger partial charge in [0.2, 0.25) is 0 Å². The monoisotopic (exact) mass is 246 g/mol. The highest BCUT2D eigenvalue weighted by Crippen LogP contribution is 2.07. The Hall–Kier alpha value is -0.260. The summed E-state index contributed by atoms with van der Waals surface area (Å²) in [7, 11) is 1.43. The highest BCUT2D eigenvalue weighted by Gasteiger charge is 2.11. The standard InChI is InChI=1S/C11H22N2O2S/c1-10(9-11(14)15-2)12-3-4-13-5-7-16-8-6-13/h10,12H,3-9H2,1-2H3. The SMILES string of the molecule is COC(=O)CC(C)NCCN1CCSCC1. The minimum Gasteiger partial charge on any atom is -0.469 e. The maximum atomic E-state index is 11.0. The van der Waals surface area contributed by atoms with Gasteiger partial charge in [-0.3, -0.25) is 4.79 Å². The minimum atomic E-state index is -0.144. The summed E-state index contributed by atoms with van der Waals surface area (Å²) in [6, 6.07) is 0.201. The number of carbonyl (C=O) groups excluding carboxylic acids is 1. The highest BCUT2D eigenvalue weighted by molar-refractivity contribution is 7.99. The van der Waals surface area contributed by atoms with Crippen LogP contribution in [0.25, 0.3) is 0 Å². The molecule has 0 aliphatic carbocycles. The van der Waals surface area contributed by atoms with Crippen LogP contribution in [0, 0.1) is 0 Å². The Morgan fingerprint density at radius 1 is 1.50 bits per heavy atom. The van der Waals surface area contributed by atoms with Gasteiger partial charge in [0.25, 0.3) is 0 Å². The molecule has 0 spiro atoms. The molecular weight excluding hydrogens is 224 g/mol. The van der Waals surface area contributed by atoms with Crippen molar-refractivity contribution in [3.63, 3.8) is 0 Å². The zero-order valence-electron chi connectivity index (χ0n) is 10.2. The van der Waals surface area contributed by atoms with Crippen LogP contribution in [0.1, 0.15) is 13.3 Å². The zero-order valence-corrected chi connectivity index (χ0v) is 11.0. The van der Waals surface area contributed by atoms with E-state index >= 15 is 0 Å². The van der Waals surface area contributed by atoms with Crippen molar-refractivity contribution in [2.75, 3.05) is 44.8 Å². The summed E-state index contributed by atoms with van der Waals surface area (Å²) in [6.45, 7) is 6.42. The van der Waals surface area contributed by atoms with Crippen molar-refractivity contribution in [3.05, 3.63) is 0 Å². The first kappa shape index (κ1) is 13.8. The van der Waals surface area contributed by atoms with Crippen molar-refractivity contribution in [2.24, 2.45) is 0 Å². The third-order valence-corrected chi connectivity index (χ3v) is 3.67. The number of nitrogens with one attached hydrogen (secondary N) is 1. The second-order valence-corrected chi connectivity index (χ2v) is 5.31. The molecule has 5 heteroatoms. The Kier molecular flexibility index (Phi) is 6.84. The zero-order chi connectivity index (χ0) is 11.8. The number of rotatable bonds is 6. The third-order valence-electron chi connectivity index (χ3n) is 2.73. The molecule has 0 bridgehead atoms. The molecule has 0 radical (unpaired) electrons. The normalized spacial score (nSPS) is 19.4. The summed E-state index contributed by atoms with van der Waals surface area (Å²) >= 11 is 2.03. The largest absolute Gasteiger partial charge is 0.469 e. The van der Waals surface area contributed by atoms with Crippen molar-refractivity contribution in [3.8, 4) is 0 Å². The number of carbonyl (C=O) groups is 1. The van der Waals surface area contributed by atoms with Crippen LogP contribution in [0.3, 0.4) is 0 Å². The summed E-state index contributed by atoms with van der Waals surface area (Å²) < 4.78 is 4.63. The van der Waals surface area contributed by atoms with E-state index in [1.165, 1.54) is 31.7 Å². The number of hydrogen-bond donors (Lipinski definition) is 1. The molecule has 1 N–H and O–H groups in total. The first-order valence-electron chi connectivity index (χ1n) is 5.82. The Bertz CT molecular complexity index is 208. The first-order chi connectivity index (χ1) is 7.72. The fourth-order valence-corrected chi connectivity index (χ4v) is 2.68. The van der Waals surface area contributed by atoms with Gasteiger partial charge in [-0.15, -0.1) is 0 Å². The molecule has 0 aromatic heterocycles. The average molecular weight is 246 g/mol. The van der Waals surface area contributed by atoms with Gasteiger partial charge in [-0.05, 0) is 6.92 Å². The van der Waals surface area contributed by atoms with E-state index in [1.807, 2.05) is 18.7 Å². The lowest BCUT2D eigenvalue weighted by molar-refractivity contribution is -0.141. The van der Waals surface area contributed by atoms with E-state index < -0.39 is 0 Å². The maximum Gasteiger partial charge on any atom is 0.307 e. The van der Waals surface area contributed by atoms with Gasteiger partial charge in [0.1, 0.15) is 0 Å². The van der Waals surface area contributed by atoms with Gasteiger partial charge < -0.3 is 15.0 Å². The Morgan fingerprint density at radius 2 is 2.19 bits per heavy atom. The second kappa shape index (κ2) is 7.92. The maximum absolute atomic E-state index is 11.0. The van der Waals surface area contributed by atoms with E-state index in [0.29, 0.717) is 6.42 Å². The van der Waals surface area contributed by atoms with Crippen LogP contribution in [0.15, 0.2) is 0 Å². The van der Waals surface area contributed by atoms with E-state index in [-0.39, 0.29) is 12.0 Å². The van der Waals surface area contributed by atoms with Crippen molar-refractivity contribution in [1.29, 1.82) is 0 Å².